The Morgan fingerprint density at radius 3 is 2.51 bits per heavy atom. The van der Waals surface area contributed by atoms with Crippen molar-refractivity contribution in [2.24, 2.45) is 0 Å². The number of carbonyl (C=O) groups excluding carboxylic acids is 1. The van der Waals surface area contributed by atoms with Crippen LogP contribution < -0.4 is 5.32 Å². The van der Waals surface area contributed by atoms with Crippen LogP contribution in [0.25, 0.3) is 11.2 Å². The number of imidazole rings is 1. The Morgan fingerprint density at radius 1 is 1.13 bits per heavy atom. The summed E-state index contributed by atoms with van der Waals surface area (Å²) in [5.41, 5.74) is 0.0531. The summed E-state index contributed by atoms with van der Waals surface area (Å²) in [4.78, 5) is 25.6. The second kappa shape index (κ2) is 10.8. The lowest BCUT2D eigenvalue weighted by molar-refractivity contribution is -0.191. The molecule has 208 valence electrons. The van der Waals surface area contributed by atoms with Crippen LogP contribution in [0.2, 0.25) is 0 Å². The summed E-state index contributed by atoms with van der Waals surface area (Å²) in [5.74, 6) is -1.14. The molecule has 4 atom stereocenters. The predicted octanol–water partition coefficient (Wildman–Crippen LogP) is 4.57. The van der Waals surface area contributed by atoms with Crippen LogP contribution in [0.3, 0.4) is 0 Å². The third-order valence-corrected chi connectivity index (χ3v) is 8.00. The molecule has 2 saturated heterocycles. The third-order valence-electron chi connectivity index (χ3n) is 6.13. The maximum Gasteiger partial charge on any atom is 0.389 e. The first-order valence-corrected chi connectivity index (χ1v) is 14.0. The number of hydrogen-bond donors (Lipinski definition) is 1. The van der Waals surface area contributed by atoms with Gasteiger partial charge in [0.05, 0.1) is 19.5 Å². The average molecular weight is 562 g/mol. The molecule has 2 aliphatic rings. The number of hydrogen-bond acceptors (Lipinski definition) is 10. The third kappa shape index (κ3) is 5.38. The normalized spacial score (nSPS) is 24.7. The van der Waals surface area contributed by atoms with E-state index in [4.69, 9.17) is 23.3 Å². The number of carbonyl (C=O) groups is 1. The molecular weight excluding hydrogens is 532 g/mol. The molecule has 0 spiro atoms. The van der Waals surface area contributed by atoms with E-state index in [1.54, 1.807) is 56.5 Å². The Labute approximate surface area is 224 Å². The van der Waals surface area contributed by atoms with Crippen molar-refractivity contribution in [2.45, 2.75) is 58.0 Å². The molecule has 0 radical (unpaired) electrons. The summed E-state index contributed by atoms with van der Waals surface area (Å²) >= 11 is 0. The molecule has 2 aromatic heterocycles. The van der Waals surface area contributed by atoms with Crippen molar-refractivity contribution in [3.63, 3.8) is 0 Å². The number of halogens is 1. The van der Waals surface area contributed by atoms with Gasteiger partial charge in [-0.2, -0.15) is 4.39 Å². The lowest BCUT2D eigenvalue weighted by atomic mass is 10.1. The van der Waals surface area contributed by atoms with Gasteiger partial charge in [0.1, 0.15) is 24.6 Å². The highest BCUT2D eigenvalue weighted by molar-refractivity contribution is 7.58. The van der Waals surface area contributed by atoms with Gasteiger partial charge in [-0.15, -0.1) is 0 Å². The Balaban J connectivity index is 1.47. The SMILES string of the molecule is CCOP(=O)(OCC)/C(F)=C/[C@H]1O[C@@H](n2cnc3c(NC(=O)c4ccccc4)ncnc32)[C@@H]2OC(C)(C)O[C@@H]21. The van der Waals surface area contributed by atoms with E-state index < -0.39 is 43.5 Å². The van der Waals surface area contributed by atoms with Crippen LogP contribution >= 0.6 is 7.60 Å². The number of nitrogens with one attached hydrogen (secondary N) is 1. The van der Waals surface area contributed by atoms with E-state index in [0.717, 1.165) is 6.08 Å². The van der Waals surface area contributed by atoms with Crippen molar-refractivity contribution in [1.82, 2.24) is 19.5 Å². The Bertz CT molecular complexity index is 1420. The molecule has 1 N–H and O–H groups in total. The van der Waals surface area contributed by atoms with Gasteiger partial charge in [-0.3, -0.25) is 13.9 Å². The number of rotatable bonds is 9. The Kier molecular flexibility index (Phi) is 7.64. The largest absolute Gasteiger partial charge is 0.389 e. The van der Waals surface area contributed by atoms with Crippen molar-refractivity contribution < 1.29 is 37.0 Å². The number of benzene rings is 1. The van der Waals surface area contributed by atoms with Gasteiger partial charge in [-0.05, 0) is 45.9 Å². The summed E-state index contributed by atoms with van der Waals surface area (Å²) in [6, 6.07) is 8.69. The highest BCUT2D eigenvalue weighted by Gasteiger charge is 2.56. The molecule has 39 heavy (non-hydrogen) atoms. The minimum Gasteiger partial charge on any atom is -0.345 e. The maximum absolute atomic E-state index is 15.3. The molecule has 14 heteroatoms. The molecule has 2 aliphatic heterocycles. The second-order valence-corrected chi connectivity index (χ2v) is 11.2. The van der Waals surface area contributed by atoms with E-state index in [2.05, 4.69) is 20.3 Å². The van der Waals surface area contributed by atoms with Gasteiger partial charge in [-0.25, -0.2) is 15.0 Å². The molecule has 0 aliphatic carbocycles. The molecule has 3 aromatic rings. The fourth-order valence-corrected chi connectivity index (χ4v) is 5.92. The minimum absolute atomic E-state index is 0.00471. The first-order valence-electron chi connectivity index (χ1n) is 12.5. The number of amides is 1. The first kappa shape index (κ1) is 27.5. The summed E-state index contributed by atoms with van der Waals surface area (Å²) in [7, 11) is -4.16. The Morgan fingerprint density at radius 2 is 1.82 bits per heavy atom. The van der Waals surface area contributed by atoms with Crippen LogP contribution in [0.4, 0.5) is 10.2 Å². The molecule has 0 saturated carbocycles. The smallest absolute Gasteiger partial charge is 0.345 e. The highest BCUT2D eigenvalue weighted by atomic mass is 31.2. The van der Waals surface area contributed by atoms with E-state index >= 15 is 4.39 Å². The van der Waals surface area contributed by atoms with E-state index in [1.165, 1.54) is 12.7 Å². The van der Waals surface area contributed by atoms with Crippen molar-refractivity contribution in [3.8, 4) is 0 Å². The molecule has 2 fully saturated rings. The average Bonchev–Trinajstić information content (AvgIpc) is 3.56. The molecule has 0 bridgehead atoms. The van der Waals surface area contributed by atoms with Crippen molar-refractivity contribution in [1.29, 1.82) is 0 Å². The van der Waals surface area contributed by atoms with Crippen molar-refractivity contribution in [3.05, 3.63) is 60.2 Å². The van der Waals surface area contributed by atoms with Gasteiger partial charge in [0, 0.05) is 5.56 Å². The standard InChI is InChI=1S/C25H29FN5O7P/c1-5-34-39(33,35-6-2)17(26)12-16-19-20(38-25(3,4)37-19)24(36-16)31-14-29-18-21(27-13-28-22(18)31)30-23(32)15-10-8-7-9-11-15/h7-14,16,19-20,24H,5-6H2,1-4H3,(H,27,28,30,32)/b17-12+/t16-,19-,20-,24-/m1/s1. The second-order valence-electron chi connectivity index (χ2n) is 9.24. The molecule has 5 rings (SSSR count). The predicted molar refractivity (Wildman–Crippen MR) is 138 cm³/mol. The highest BCUT2D eigenvalue weighted by Crippen LogP contribution is 2.57. The Hall–Kier alpha value is -3.06. The fourth-order valence-electron chi connectivity index (χ4n) is 4.59. The van der Waals surface area contributed by atoms with Crippen molar-refractivity contribution in [2.75, 3.05) is 18.5 Å². The number of anilines is 1. The van der Waals surface area contributed by atoms with Gasteiger partial charge in [0.25, 0.3) is 5.91 Å². The molecule has 0 unspecified atom stereocenters. The number of fused-ring (bicyclic) bond motifs is 2. The zero-order valence-electron chi connectivity index (χ0n) is 21.8. The van der Waals surface area contributed by atoms with E-state index in [0.29, 0.717) is 16.7 Å². The minimum atomic E-state index is -4.16. The lowest BCUT2D eigenvalue weighted by Gasteiger charge is -2.24. The van der Waals surface area contributed by atoms with E-state index in [1.807, 2.05) is 6.07 Å². The molecule has 12 nitrogen and oxygen atoms in total. The van der Waals surface area contributed by atoms with Crippen molar-refractivity contribution >= 4 is 30.5 Å². The van der Waals surface area contributed by atoms with E-state index in [-0.39, 0.29) is 24.9 Å². The molecular formula is C25H29FN5O7P. The summed E-state index contributed by atoms with van der Waals surface area (Å²) < 4.78 is 58.4. The lowest BCUT2D eigenvalue weighted by Crippen LogP contribution is -2.28. The molecule has 1 aromatic carbocycles. The number of ether oxygens (including phenoxy) is 3. The zero-order chi connectivity index (χ0) is 27.8. The van der Waals surface area contributed by atoms with Gasteiger partial charge in [0.15, 0.2) is 29.0 Å². The quantitative estimate of drug-likeness (QED) is 0.370. The van der Waals surface area contributed by atoms with Crippen LogP contribution in [-0.2, 0) is 27.8 Å². The van der Waals surface area contributed by atoms with E-state index in [9.17, 15) is 9.36 Å². The monoisotopic (exact) mass is 561 g/mol. The first-order chi connectivity index (χ1) is 18.7. The fraction of sp³-hybridized carbons (Fsp3) is 0.440. The number of nitrogens with zero attached hydrogens (tertiary/aromatic N) is 4. The number of aromatic nitrogens is 4. The molecule has 1 amide bonds. The summed E-state index contributed by atoms with van der Waals surface area (Å²) in [5, 5.41) is 2.76. The van der Waals surface area contributed by atoms with Crippen LogP contribution in [0.1, 0.15) is 44.3 Å². The summed E-state index contributed by atoms with van der Waals surface area (Å²) in [6.45, 7) is 6.64. The van der Waals surface area contributed by atoms with Gasteiger partial charge >= 0.3 is 7.60 Å². The molecule has 4 heterocycles. The van der Waals surface area contributed by atoms with Gasteiger partial charge in [0.2, 0.25) is 5.57 Å². The topological polar surface area (TPSA) is 136 Å². The van der Waals surface area contributed by atoms with Crippen LogP contribution in [0.5, 0.6) is 0 Å². The van der Waals surface area contributed by atoms with Gasteiger partial charge in [-0.1, -0.05) is 18.2 Å². The van der Waals surface area contributed by atoms with Gasteiger partial charge < -0.3 is 28.6 Å². The summed E-state index contributed by atoms with van der Waals surface area (Å²) in [6.07, 6.45) is 0.539. The van der Waals surface area contributed by atoms with Crippen LogP contribution in [0.15, 0.2) is 54.6 Å². The zero-order valence-corrected chi connectivity index (χ0v) is 22.7. The maximum atomic E-state index is 15.3. The van der Waals surface area contributed by atoms with Crippen LogP contribution in [-0.4, -0.2) is 62.7 Å². The van der Waals surface area contributed by atoms with Crippen LogP contribution in [0, 0.1) is 0 Å².